The number of benzene rings is 1. The lowest BCUT2D eigenvalue weighted by Gasteiger charge is -2.08. The van der Waals surface area contributed by atoms with Crippen molar-refractivity contribution in [2.75, 3.05) is 6.61 Å². The first-order chi connectivity index (χ1) is 8.49. The molecule has 0 saturated carbocycles. The highest BCUT2D eigenvalue weighted by molar-refractivity contribution is 6.42. The zero-order chi connectivity index (χ0) is 13.7. The van der Waals surface area contributed by atoms with E-state index < -0.39 is 23.6 Å². The predicted octanol–water partition coefficient (Wildman–Crippen LogP) is 0.996. The van der Waals surface area contributed by atoms with Crippen LogP contribution in [0.25, 0.3) is 0 Å². The molecule has 96 valence electrons. The van der Waals surface area contributed by atoms with Crippen LogP contribution in [-0.2, 0) is 9.53 Å². The largest absolute Gasteiger partial charge is 0.460 e. The molecule has 1 rings (SSSR count). The molecule has 1 N–H and O–H groups in total. The molecule has 1 unspecified atom stereocenters. The quantitative estimate of drug-likeness (QED) is 0.479. The van der Waals surface area contributed by atoms with Crippen molar-refractivity contribution in [3.05, 3.63) is 35.4 Å². The Kier molecular flexibility index (Phi) is 4.74. The SMILES string of the molecule is CCOC(=O)C(=O)c1ccccc1C(=O)C(C)O. The van der Waals surface area contributed by atoms with Crippen molar-refractivity contribution in [3.63, 3.8) is 0 Å². The number of aliphatic hydroxyl groups is 1. The van der Waals surface area contributed by atoms with Crippen LogP contribution in [0.5, 0.6) is 0 Å². The summed E-state index contributed by atoms with van der Waals surface area (Å²) in [7, 11) is 0. The molecule has 0 aromatic heterocycles. The lowest BCUT2D eigenvalue weighted by Crippen LogP contribution is -2.23. The topological polar surface area (TPSA) is 80.7 Å². The van der Waals surface area contributed by atoms with E-state index in [4.69, 9.17) is 0 Å². The van der Waals surface area contributed by atoms with Crippen molar-refractivity contribution in [1.82, 2.24) is 0 Å². The summed E-state index contributed by atoms with van der Waals surface area (Å²) in [6.45, 7) is 2.96. The van der Waals surface area contributed by atoms with E-state index in [1.54, 1.807) is 13.0 Å². The Hall–Kier alpha value is -2.01. The number of ketones is 2. The number of Topliss-reactive ketones (excluding diaryl/α,β-unsaturated/α-hetero) is 2. The van der Waals surface area contributed by atoms with Crippen LogP contribution < -0.4 is 0 Å². The van der Waals surface area contributed by atoms with Gasteiger partial charge in [0.15, 0.2) is 5.78 Å². The first kappa shape index (κ1) is 14.1. The van der Waals surface area contributed by atoms with Crippen molar-refractivity contribution in [2.24, 2.45) is 0 Å². The van der Waals surface area contributed by atoms with Crippen LogP contribution in [0.3, 0.4) is 0 Å². The van der Waals surface area contributed by atoms with Crippen molar-refractivity contribution in [1.29, 1.82) is 0 Å². The Morgan fingerprint density at radius 3 is 2.28 bits per heavy atom. The van der Waals surface area contributed by atoms with Gasteiger partial charge in [-0.05, 0) is 13.8 Å². The Morgan fingerprint density at radius 1 is 1.22 bits per heavy atom. The molecule has 0 radical (unpaired) electrons. The highest BCUT2D eigenvalue weighted by Crippen LogP contribution is 2.13. The van der Waals surface area contributed by atoms with E-state index in [1.165, 1.54) is 25.1 Å². The third kappa shape index (κ3) is 3.01. The van der Waals surface area contributed by atoms with Crippen LogP contribution in [0, 0.1) is 0 Å². The second-order valence-corrected chi connectivity index (χ2v) is 3.64. The highest BCUT2D eigenvalue weighted by atomic mass is 16.5. The molecule has 5 heteroatoms. The Bertz CT molecular complexity index is 476. The van der Waals surface area contributed by atoms with Crippen LogP contribution in [0.1, 0.15) is 34.6 Å². The standard InChI is InChI=1S/C13H14O5/c1-3-18-13(17)12(16)10-7-5-4-6-9(10)11(15)8(2)14/h4-8,14H,3H2,1-2H3. The van der Waals surface area contributed by atoms with E-state index in [9.17, 15) is 19.5 Å². The Morgan fingerprint density at radius 2 is 1.78 bits per heavy atom. The van der Waals surface area contributed by atoms with Gasteiger partial charge in [0.05, 0.1) is 6.61 Å². The van der Waals surface area contributed by atoms with Gasteiger partial charge < -0.3 is 9.84 Å². The second-order valence-electron chi connectivity index (χ2n) is 3.64. The van der Waals surface area contributed by atoms with E-state index >= 15 is 0 Å². The number of ether oxygens (including phenoxy) is 1. The molecule has 0 amide bonds. The number of aliphatic hydroxyl groups excluding tert-OH is 1. The molecule has 0 saturated heterocycles. The number of rotatable bonds is 5. The number of hydrogen-bond donors (Lipinski definition) is 1. The van der Waals surface area contributed by atoms with Crippen LogP contribution in [0.2, 0.25) is 0 Å². The lowest BCUT2D eigenvalue weighted by atomic mass is 9.98. The molecule has 18 heavy (non-hydrogen) atoms. The first-order valence-corrected chi connectivity index (χ1v) is 5.51. The molecular weight excluding hydrogens is 236 g/mol. The van der Waals surface area contributed by atoms with E-state index in [0.717, 1.165) is 0 Å². The fourth-order valence-corrected chi connectivity index (χ4v) is 1.43. The van der Waals surface area contributed by atoms with Gasteiger partial charge in [0.1, 0.15) is 6.10 Å². The Balaban J connectivity index is 3.13. The second kappa shape index (κ2) is 6.07. The van der Waals surface area contributed by atoms with Crippen molar-refractivity contribution in [3.8, 4) is 0 Å². The van der Waals surface area contributed by atoms with E-state index in [2.05, 4.69) is 4.74 Å². The minimum atomic E-state index is -1.24. The normalized spacial score (nSPS) is 11.7. The molecular formula is C13H14O5. The fourth-order valence-electron chi connectivity index (χ4n) is 1.43. The number of esters is 1. The van der Waals surface area contributed by atoms with Crippen LogP contribution in [-0.4, -0.2) is 35.4 Å². The molecule has 0 fully saturated rings. The molecule has 0 spiro atoms. The summed E-state index contributed by atoms with van der Waals surface area (Å²) >= 11 is 0. The molecule has 1 aromatic rings. The molecule has 0 heterocycles. The van der Waals surface area contributed by atoms with Gasteiger partial charge >= 0.3 is 5.97 Å². The smallest absolute Gasteiger partial charge is 0.379 e. The summed E-state index contributed by atoms with van der Waals surface area (Å²) < 4.78 is 4.59. The van der Waals surface area contributed by atoms with Crippen LogP contribution in [0.15, 0.2) is 24.3 Å². The van der Waals surface area contributed by atoms with Gasteiger partial charge in [0.2, 0.25) is 0 Å². The van der Waals surface area contributed by atoms with Gasteiger partial charge in [-0.25, -0.2) is 4.79 Å². The zero-order valence-electron chi connectivity index (χ0n) is 10.2. The molecule has 0 bridgehead atoms. The average Bonchev–Trinajstić information content (AvgIpc) is 2.37. The average molecular weight is 250 g/mol. The number of carbonyl (C=O) groups excluding carboxylic acids is 3. The van der Waals surface area contributed by atoms with Crippen molar-refractivity contribution < 1.29 is 24.2 Å². The van der Waals surface area contributed by atoms with Crippen LogP contribution in [0.4, 0.5) is 0 Å². The molecule has 0 aliphatic rings. The third-order valence-electron chi connectivity index (χ3n) is 2.28. The summed E-state index contributed by atoms with van der Waals surface area (Å²) in [5, 5.41) is 9.25. The molecule has 5 nitrogen and oxygen atoms in total. The summed E-state index contributed by atoms with van der Waals surface area (Å²) in [6, 6.07) is 5.83. The highest BCUT2D eigenvalue weighted by Gasteiger charge is 2.24. The van der Waals surface area contributed by atoms with Crippen LogP contribution >= 0.6 is 0 Å². The van der Waals surface area contributed by atoms with Gasteiger partial charge in [-0.3, -0.25) is 9.59 Å². The maximum Gasteiger partial charge on any atom is 0.379 e. The number of carbonyl (C=O) groups is 3. The molecule has 1 aromatic carbocycles. The van der Waals surface area contributed by atoms with Gasteiger partial charge in [-0.2, -0.15) is 0 Å². The number of hydrogen-bond acceptors (Lipinski definition) is 5. The third-order valence-corrected chi connectivity index (χ3v) is 2.28. The fraction of sp³-hybridized carbons (Fsp3) is 0.308. The van der Waals surface area contributed by atoms with Crippen molar-refractivity contribution in [2.45, 2.75) is 20.0 Å². The van der Waals surface area contributed by atoms with Crippen molar-refractivity contribution >= 4 is 17.5 Å². The molecule has 0 aliphatic heterocycles. The monoisotopic (exact) mass is 250 g/mol. The van der Waals surface area contributed by atoms with Gasteiger partial charge in [-0.1, -0.05) is 24.3 Å². The molecule has 0 aliphatic carbocycles. The van der Waals surface area contributed by atoms with E-state index in [-0.39, 0.29) is 17.7 Å². The minimum Gasteiger partial charge on any atom is -0.460 e. The van der Waals surface area contributed by atoms with Gasteiger partial charge in [0, 0.05) is 11.1 Å². The maximum absolute atomic E-state index is 11.8. The van der Waals surface area contributed by atoms with Gasteiger partial charge in [0.25, 0.3) is 5.78 Å². The summed E-state index contributed by atoms with van der Waals surface area (Å²) in [6.07, 6.45) is -1.24. The predicted molar refractivity (Wildman–Crippen MR) is 63.4 cm³/mol. The Labute approximate surface area is 104 Å². The first-order valence-electron chi connectivity index (χ1n) is 5.51. The molecule has 1 atom stereocenters. The summed E-state index contributed by atoms with van der Waals surface area (Å²) in [5.41, 5.74) is -0.0348. The summed E-state index contributed by atoms with van der Waals surface area (Å²) in [5.74, 6) is -2.51. The lowest BCUT2D eigenvalue weighted by molar-refractivity contribution is -0.137. The minimum absolute atomic E-state index is 0.0190. The van der Waals surface area contributed by atoms with Gasteiger partial charge in [-0.15, -0.1) is 0 Å². The maximum atomic E-state index is 11.8. The summed E-state index contributed by atoms with van der Waals surface area (Å²) in [4.78, 5) is 34.8. The zero-order valence-corrected chi connectivity index (χ0v) is 10.2. The van der Waals surface area contributed by atoms with E-state index in [0.29, 0.717) is 0 Å². The van der Waals surface area contributed by atoms with E-state index in [1.807, 2.05) is 0 Å².